The van der Waals surface area contributed by atoms with E-state index in [0.29, 0.717) is 11.4 Å². The van der Waals surface area contributed by atoms with E-state index in [0.717, 1.165) is 16.9 Å². The Balaban J connectivity index is 1.61. The summed E-state index contributed by atoms with van der Waals surface area (Å²) in [6.07, 6.45) is 2.37. The van der Waals surface area contributed by atoms with E-state index >= 15 is 0 Å². The first-order valence-electron chi connectivity index (χ1n) is 9.05. The molecule has 0 bridgehead atoms. The lowest BCUT2D eigenvalue weighted by Crippen LogP contribution is -2.20. The first kappa shape index (κ1) is 19.2. The summed E-state index contributed by atoms with van der Waals surface area (Å²) in [6, 6.07) is 19.4. The molecule has 0 aliphatic heterocycles. The summed E-state index contributed by atoms with van der Waals surface area (Å²) in [5.74, 6) is 0.415. The maximum Gasteiger partial charge on any atom is 0.314 e. The van der Waals surface area contributed by atoms with Gasteiger partial charge in [0.15, 0.2) is 0 Å². The molecule has 0 radical (unpaired) electrons. The van der Waals surface area contributed by atoms with Crippen molar-refractivity contribution in [2.75, 3.05) is 0 Å². The van der Waals surface area contributed by atoms with Crippen molar-refractivity contribution in [1.82, 2.24) is 0 Å². The highest BCUT2D eigenvalue weighted by Crippen LogP contribution is 2.27. The molecular weight excluding hydrogens is 360 g/mol. The van der Waals surface area contributed by atoms with Gasteiger partial charge in [0.2, 0.25) is 0 Å². The van der Waals surface area contributed by atoms with Gasteiger partial charge in [-0.25, -0.2) is 0 Å². The van der Waals surface area contributed by atoms with Crippen molar-refractivity contribution in [1.29, 1.82) is 0 Å². The second-order valence-corrected chi connectivity index (χ2v) is 7.40. The lowest BCUT2D eigenvalue weighted by atomic mass is 9.88. The van der Waals surface area contributed by atoms with Crippen LogP contribution in [0.1, 0.15) is 42.2 Å². The average Bonchev–Trinajstić information content (AvgIpc) is 3.10. The van der Waals surface area contributed by atoms with Gasteiger partial charge in [0.25, 0.3) is 0 Å². The van der Waals surface area contributed by atoms with Crippen molar-refractivity contribution in [3.8, 4) is 0 Å². The molecule has 1 aromatic heterocycles. The Morgan fingerprint density at radius 3 is 2.41 bits per heavy atom. The second kappa shape index (κ2) is 8.92. The van der Waals surface area contributed by atoms with Gasteiger partial charge in [0.1, 0.15) is 12.4 Å². The van der Waals surface area contributed by atoms with Crippen LogP contribution in [0.4, 0.5) is 0 Å². The van der Waals surface area contributed by atoms with Crippen molar-refractivity contribution in [3.05, 3.63) is 94.4 Å². The van der Waals surface area contributed by atoms with Crippen molar-refractivity contribution in [2.24, 2.45) is 5.92 Å². The van der Waals surface area contributed by atoms with Crippen molar-refractivity contribution >= 4 is 17.6 Å². The molecule has 0 saturated heterocycles. The van der Waals surface area contributed by atoms with Crippen LogP contribution in [0.15, 0.2) is 71.3 Å². The summed E-state index contributed by atoms with van der Waals surface area (Å²) < 4.78 is 11.2. The summed E-state index contributed by atoms with van der Waals surface area (Å²) in [4.78, 5) is 12.7. The van der Waals surface area contributed by atoms with Crippen LogP contribution in [0.3, 0.4) is 0 Å². The van der Waals surface area contributed by atoms with E-state index in [2.05, 4.69) is 12.1 Å². The molecule has 27 heavy (non-hydrogen) atoms. The minimum Gasteiger partial charge on any atom is -0.469 e. The van der Waals surface area contributed by atoms with Gasteiger partial charge in [-0.15, -0.1) is 0 Å². The third kappa shape index (κ3) is 5.24. The number of hydrogen-bond acceptors (Lipinski definition) is 3. The first-order valence-corrected chi connectivity index (χ1v) is 9.43. The van der Waals surface area contributed by atoms with Gasteiger partial charge in [-0.3, -0.25) is 4.79 Å². The van der Waals surface area contributed by atoms with Crippen LogP contribution < -0.4 is 0 Å². The van der Waals surface area contributed by atoms with Crippen LogP contribution in [0, 0.1) is 5.92 Å². The summed E-state index contributed by atoms with van der Waals surface area (Å²) >= 11 is 5.95. The molecule has 0 amide bonds. The van der Waals surface area contributed by atoms with Crippen LogP contribution in [0.25, 0.3) is 0 Å². The largest absolute Gasteiger partial charge is 0.469 e. The molecule has 140 valence electrons. The van der Waals surface area contributed by atoms with Crippen molar-refractivity contribution < 1.29 is 13.9 Å². The molecule has 3 nitrogen and oxygen atoms in total. The molecule has 0 N–H and O–H groups in total. The van der Waals surface area contributed by atoms with Gasteiger partial charge in [-0.05, 0) is 35.2 Å². The number of esters is 1. The van der Waals surface area contributed by atoms with Crippen LogP contribution in [-0.2, 0) is 22.6 Å². The van der Waals surface area contributed by atoms with Crippen LogP contribution in [0.2, 0.25) is 5.02 Å². The third-order valence-electron chi connectivity index (χ3n) is 4.46. The standard InChI is InChI=1S/C23H23ClO3/c1-16(2)22(19-8-10-20(24)11-9-19)23(25)27-15-18-13-21(26-14-18)12-17-6-4-3-5-7-17/h3-11,13-14,16,22H,12,15H2,1-2H3. The van der Waals surface area contributed by atoms with E-state index in [1.54, 1.807) is 18.4 Å². The smallest absolute Gasteiger partial charge is 0.314 e. The number of ether oxygens (including phenoxy) is 1. The molecule has 0 fully saturated rings. The van der Waals surface area contributed by atoms with Gasteiger partial charge in [-0.2, -0.15) is 0 Å². The lowest BCUT2D eigenvalue weighted by molar-refractivity contribution is -0.148. The Morgan fingerprint density at radius 1 is 1.04 bits per heavy atom. The molecule has 1 unspecified atom stereocenters. The number of carbonyl (C=O) groups is 1. The maximum atomic E-state index is 12.7. The minimum atomic E-state index is -0.321. The molecule has 0 aliphatic carbocycles. The molecule has 0 spiro atoms. The molecule has 0 aliphatic rings. The molecule has 4 heteroatoms. The molecule has 3 rings (SSSR count). The number of halogens is 1. The van der Waals surface area contributed by atoms with Crippen LogP contribution in [0.5, 0.6) is 0 Å². The highest BCUT2D eigenvalue weighted by atomic mass is 35.5. The maximum absolute atomic E-state index is 12.7. The Kier molecular flexibility index (Phi) is 6.36. The van der Waals surface area contributed by atoms with Gasteiger partial charge in [0.05, 0.1) is 12.2 Å². The SMILES string of the molecule is CC(C)C(C(=O)OCc1coc(Cc2ccccc2)c1)c1ccc(Cl)cc1. The van der Waals surface area contributed by atoms with Crippen LogP contribution >= 0.6 is 11.6 Å². The molecular formula is C23H23ClO3. The Hall–Kier alpha value is -2.52. The highest BCUT2D eigenvalue weighted by molar-refractivity contribution is 6.30. The minimum absolute atomic E-state index is 0.122. The van der Waals surface area contributed by atoms with E-state index in [4.69, 9.17) is 20.8 Å². The number of carbonyl (C=O) groups excluding carboxylic acids is 1. The van der Waals surface area contributed by atoms with E-state index in [9.17, 15) is 4.79 Å². The first-order chi connectivity index (χ1) is 13.0. The Morgan fingerprint density at radius 2 is 1.74 bits per heavy atom. The Labute approximate surface area is 164 Å². The fourth-order valence-corrected chi connectivity index (χ4v) is 3.23. The molecule has 3 aromatic rings. The van der Waals surface area contributed by atoms with Crippen LogP contribution in [-0.4, -0.2) is 5.97 Å². The topological polar surface area (TPSA) is 39.4 Å². The van der Waals surface area contributed by atoms with Crippen molar-refractivity contribution in [3.63, 3.8) is 0 Å². The zero-order valence-electron chi connectivity index (χ0n) is 15.5. The van der Waals surface area contributed by atoms with E-state index in [-0.39, 0.29) is 24.4 Å². The second-order valence-electron chi connectivity index (χ2n) is 6.96. The summed E-state index contributed by atoms with van der Waals surface area (Å²) in [7, 11) is 0. The van der Waals surface area contributed by atoms with Gasteiger partial charge in [-0.1, -0.05) is 67.9 Å². The van der Waals surface area contributed by atoms with E-state index in [1.165, 1.54) is 5.56 Å². The van der Waals surface area contributed by atoms with Gasteiger partial charge < -0.3 is 9.15 Å². The molecule has 1 atom stereocenters. The van der Waals surface area contributed by atoms with E-state index in [1.807, 2.05) is 50.2 Å². The number of benzene rings is 2. The Bertz CT molecular complexity index is 866. The van der Waals surface area contributed by atoms with Crippen molar-refractivity contribution in [2.45, 2.75) is 32.8 Å². The predicted octanol–water partition coefficient (Wildman–Crippen LogP) is 6.01. The monoisotopic (exact) mass is 382 g/mol. The van der Waals surface area contributed by atoms with E-state index < -0.39 is 0 Å². The number of furan rings is 1. The lowest BCUT2D eigenvalue weighted by Gasteiger charge is -2.19. The fourth-order valence-electron chi connectivity index (χ4n) is 3.10. The zero-order chi connectivity index (χ0) is 19.2. The normalized spacial score (nSPS) is 12.1. The zero-order valence-corrected chi connectivity index (χ0v) is 16.3. The third-order valence-corrected chi connectivity index (χ3v) is 4.71. The molecule has 0 saturated carbocycles. The number of hydrogen-bond donors (Lipinski definition) is 0. The highest BCUT2D eigenvalue weighted by Gasteiger charge is 2.25. The summed E-state index contributed by atoms with van der Waals surface area (Å²) in [5.41, 5.74) is 2.95. The molecule has 2 aromatic carbocycles. The fraction of sp³-hybridized carbons (Fsp3) is 0.261. The summed E-state index contributed by atoms with van der Waals surface area (Å²) in [6.45, 7) is 4.22. The quantitative estimate of drug-likeness (QED) is 0.470. The average molecular weight is 383 g/mol. The van der Waals surface area contributed by atoms with Gasteiger partial charge >= 0.3 is 5.97 Å². The number of rotatable bonds is 7. The van der Waals surface area contributed by atoms with Gasteiger partial charge in [0, 0.05) is 17.0 Å². The predicted molar refractivity (Wildman–Crippen MR) is 107 cm³/mol. The summed E-state index contributed by atoms with van der Waals surface area (Å²) in [5, 5.41) is 0.652. The molecule has 1 heterocycles.